The van der Waals surface area contributed by atoms with Crippen LogP contribution in [0, 0.1) is 0 Å². The lowest BCUT2D eigenvalue weighted by molar-refractivity contribution is 0.0489. The van der Waals surface area contributed by atoms with Crippen molar-refractivity contribution < 1.29 is 13.9 Å². The van der Waals surface area contributed by atoms with Gasteiger partial charge in [0, 0.05) is 13.0 Å². The Bertz CT molecular complexity index is 610. The molecule has 0 spiro atoms. The quantitative estimate of drug-likeness (QED) is 0.788. The second kappa shape index (κ2) is 4.53. The zero-order valence-electron chi connectivity index (χ0n) is 10.9. The van der Waals surface area contributed by atoms with Gasteiger partial charge in [-0.3, -0.25) is 0 Å². The van der Waals surface area contributed by atoms with Crippen molar-refractivity contribution in [3.05, 3.63) is 24.0 Å². The number of imidazole rings is 1. The highest BCUT2D eigenvalue weighted by Gasteiger charge is 2.34. The SMILES string of the molecule is CCOC(=O)c1oc(-c2cncn2C)nc1C1CC1. The molecule has 6 nitrogen and oxygen atoms in total. The molecule has 1 fully saturated rings. The molecule has 0 bridgehead atoms. The number of hydrogen-bond donors (Lipinski definition) is 0. The van der Waals surface area contributed by atoms with Gasteiger partial charge in [0.1, 0.15) is 5.69 Å². The van der Waals surface area contributed by atoms with E-state index in [0.29, 0.717) is 18.4 Å². The molecule has 1 saturated carbocycles. The van der Waals surface area contributed by atoms with E-state index < -0.39 is 5.97 Å². The normalized spacial score (nSPS) is 14.6. The molecule has 0 aliphatic heterocycles. The van der Waals surface area contributed by atoms with Gasteiger partial charge >= 0.3 is 5.97 Å². The number of carbonyl (C=O) groups is 1. The molecule has 0 unspecified atom stereocenters. The summed E-state index contributed by atoms with van der Waals surface area (Å²) in [5, 5.41) is 0. The number of hydrogen-bond acceptors (Lipinski definition) is 5. The predicted octanol–water partition coefficient (Wildman–Crippen LogP) is 2.13. The highest BCUT2D eigenvalue weighted by atomic mass is 16.5. The van der Waals surface area contributed by atoms with Gasteiger partial charge in [-0.2, -0.15) is 0 Å². The summed E-state index contributed by atoms with van der Waals surface area (Å²) in [6.45, 7) is 2.10. The summed E-state index contributed by atoms with van der Waals surface area (Å²) in [6.07, 6.45) is 5.42. The minimum Gasteiger partial charge on any atom is -0.460 e. The van der Waals surface area contributed by atoms with Crippen LogP contribution in [0.4, 0.5) is 0 Å². The number of nitrogens with zero attached hydrogens (tertiary/aromatic N) is 3. The van der Waals surface area contributed by atoms with Crippen LogP contribution in [0.2, 0.25) is 0 Å². The summed E-state index contributed by atoms with van der Waals surface area (Å²) >= 11 is 0. The zero-order chi connectivity index (χ0) is 13.4. The van der Waals surface area contributed by atoms with Crippen LogP contribution in [-0.2, 0) is 11.8 Å². The third-order valence-electron chi connectivity index (χ3n) is 3.11. The minimum absolute atomic E-state index is 0.237. The Labute approximate surface area is 110 Å². The molecule has 0 N–H and O–H groups in total. The highest BCUT2D eigenvalue weighted by molar-refractivity contribution is 5.88. The fourth-order valence-electron chi connectivity index (χ4n) is 1.98. The molecule has 0 radical (unpaired) electrons. The first-order valence-electron chi connectivity index (χ1n) is 6.35. The second-order valence-corrected chi connectivity index (χ2v) is 4.62. The van der Waals surface area contributed by atoms with Gasteiger partial charge in [-0.15, -0.1) is 0 Å². The van der Waals surface area contributed by atoms with Crippen LogP contribution in [0.25, 0.3) is 11.6 Å². The summed E-state index contributed by atoms with van der Waals surface area (Å²) < 4.78 is 12.4. The molecule has 100 valence electrons. The van der Waals surface area contributed by atoms with E-state index in [-0.39, 0.29) is 5.76 Å². The van der Waals surface area contributed by atoms with Gasteiger partial charge < -0.3 is 13.7 Å². The van der Waals surface area contributed by atoms with Crippen LogP contribution in [0.15, 0.2) is 16.9 Å². The van der Waals surface area contributed by atoms with Gasteiger partial charge in [-0.1, -0.05) is 0 Å². The molecule has 6 heteroatoms. The third-order valence-corrected chi connectivity index (χ3v) is 3.11. The number of ether oxygens (including phenoxy) is 1. The van der Waals surface area contributed by atoms with Crippen molar-refractivity contribution in [2.24, 2.45) is 7.05 Å². The van der Waals surface area contributed by atoms with E-state index in [1.165, 1.54) is 0 Å². The van der Waals surface area contributed by atoms with Crippen molar-refractivity contribution in [3.63, 3.8) is 0 Å². The van der Waals surface area contributed by atoms with Crippen molar-refractivity contribution in [2.75, 3.05) is 6.61 Å². The predicted molar refractivity (Wildman–Crippen MR) is 66.6 cm³/mol. The molecular formula is C13H15N3O3. The molecule has 2 aromatic heterocycles. The van der Waals surface area contributed by atoms with E-state index >= 15 is 0 Å². The van der Waals surface area contributed by atoms with E-state index in [4.69, 9.17) is 9.15 Å². The monoisotopic (exact) mass is 261 g/mol. The van der Waals surface area contributed by atoms with Crippen molar-refractivity contribution in [1.29, 1.82) is 0 Å². The smallest absolute Gasteiger partial charge is 0.376 e. The number of carbonyl (C=O) groups excluding carboxylic acids is 1. The average Bonchev–Trinajstić information content (AvgIpc) is 2.99. The molecule has 1 aliphatic rings. The Balaban J connectivity index is 2.01. The molecule has 0 saturated heterocycles. The highest BCUT2D eigenvalue weighted by Crippen LogP contribution is 2.42. The lowest BCUT2D eigenvalue weighted by Crippen LogP contribution is -2.05. The van der Waals surface area contributed by atoms with Crippen LogP contribution in [-0.4, -0.2) is 27.1 Å². The Morgan fingerprint density at radius 2 is 2.37 bits per heavy atom. The number of oxazole rings is 1. The minimum atomic E-state index is -0.440. The third kappa shape index (κ3) is 2.14. The molecule has 0 aromatic carbocycles. The number of aromatic nitrogens is 3. The largest absolute Gasteiger partial charge is 0.460 e. The van der Waals surface area contributed by atoms with Crippen molar-refractivity contribution in [3.8, 4) is 11.6 Å². The van der Waals surface area contributed by atoms with E-state index in [9.17, 15) is 4.79 Å². The maximum Gasteiger partial charge on any atom is 0.376 e. The van der Waals surface area contributed by atoms with Gasteiger partial charge in [0.25, 0.3) is 0 Å². The maximum absolute atomic E-state index is 11.9. The van der Waals surface area contributed by atoms with Crippen molar-refractivity contribution in [2.45, 2.75) is 25.7 Å². The van der Waals surface area contributed by atoms with Crippen LogP contribution in [0.1, 0.15) is 41.9 Å². The van der Waals surface area contributed by atoms with Crippen molar-refractivity contribution in [1.82, 2.24) is 14.5 Å². The average molecular weight is 261 g/mol. The standard InChI is InChI=1S/C13H15N3O3/c1-3-18-13(17)11-10(8-4-5-8)15-12(19-11)9-6-14-7-16(9)2/h6-8H,3-5H2,1-2H3. The van der Waals surface area contributed by atoms with E-state index in [1.807, 2.05) is 7.05 Å². The van der Waals surface area contributed by atoms with Gasteiger partial charge in [-0.25, -0.2) is 14.8 Å². The molecule has 0 amide bonds. The summed E-state index contributed by atoms with van der Waals surface area (Å²) in [7, 11) is 1.85. The molecule has 2 heterocycles. The van der Waals surface area contributed by atoms with Crippen LogP contribution in [0.3, 0.4) is 0 Å². The summed E-state index contributed by atoms with van der Waals surface area (Å²) in [5.41, 5.74) is 1.46. The van der Waals surface area contributed by atoms with Crippen molar-refractivity contribution >= 4 is 5.97 Å². The number of rotatable bonds is 4. The van der Waals surface area contributed by atoms with E-state index in [1.54, 1.807) is 24.0 Å². The topological polar surface area (TPSA) is 70.2 Å². The Hall–Kier alpha value is -2.11. The molecule has 1 aliphatic carbocycles. The fraction of sp³-hybridized carbons (Fsp3) is 0.462. The van der Waals surface area contributed by atoms with Gasteiger partial charge in [0.15, 0.2) is 0 Å². The van der Waals surface area contributed by atoms with Crippen LogP contribution >= 0.6 is 0 Å². The number of aryl methyl sites for hydroxylation is 1. The lowest BCUT2D eigenvalue weighted by Gasteiger charge is -1.99. The molecule has 2 aromatic rings. The van der Waals surface area contributed by atoms with E-state index in [2.05, 4.69) is 9.97 Å². The first-order valence-corrected chi connectivity index (χ1v) is 6.35. The van der Waals surface area contributed by atoms with Gasteiger partial charge in [0.05, 0.1) is 24.8 Å². The molecule has 0 atom stereocenters. The Kier molecular flexibility index (Phi) is 2.85. The lowest BCUT2D eigenvalue weighted by atomic mass is 10.2. The maximum atomic E-state index is 11.9. The molecule has 3 rings (SSSR count). The van der Waals surface area contributed by atoms with E-state index in [0.717, 1.165) is 24.2 Å². The zero-order valence-corrected chi connectivity index (χ0v) is 10.9. The Morgan fingerprint density at radius 3 is 2.95 bits per heavy atom. The fourth-order valence-corrected chi connectivity index (χ4v) is 1.98. The molecule has 19 heavy (non-hydrogen) atoms. The summed E-state index contributed by atoms with van der Waals surface area (Å²) in [5.74, 6) is 0.543. The van der Waals surface area contributed by atoms with Gasteiger partial charge in [-0.05, 0) is 19.8 Å². The van der Waals surface area contributed by atoms with Gasteiger partial charge in [0.2, 0.25) is 11.7 Å². The second-order valence-electron chi connectivity index (χ2n) is 4.62. The first kappa shape index (κ1) is 12.0. The van der Waals surface area contributed by atoms with Crippen LogP contribution < -0.4 is 0 Å². The summed E-state index contributed by atoms with van der Waals surface area (Å²) in [4.78, 5) is 20.4. The van der Waals surface area contributed by atoms with Crippen LogP contribution in [0.5, 0.6) is 0 Å². The molecular weight excluding hydrogens is 246 g/mol. The summed E-state index contributed by atoms with van der Waals surface area (Å²) in [6, 6.07) is 0. The first-order chi connectivity index (χ1) is 9.20. The number of esters is 1. The Morgan fingerprint density at radius 1 is 1.58 bits per heavy atom.